The monoisotopic (exact) mass is 408 g/mol. The molecule has 0 aromatic heterocycles. The van der Waals surface area contributed by atoms with Crippen molar-refractivity contribution >= 4 is 21.6 Å². The maximum atomic E-state index is 12.9. The van der Waals surface area contributed by atoms with Crippen molar-refractivity contribution in [3.63, 3.8) is 0 Å². The number of hydrogen-bond acceptors (Lipinski definition) is 3. The van der Waals surface area contributed by atoms with Gasteiger partial charge < -0.3 is 4.90 Å². The molecule has 1 amide bonds. The zero-order chi connectivity index (χ0) is 20.7. The van der Waals surface area contributed by atoms with Crippen LogP contribution in [0.15, 0.2) is 89.8 Å². The predicted molar refractivity (Wildman–Crippen MR) is 115 cm³/mol. The summed E-state index contributed by atoms with van der Waals surface area (Å²) in [5, 5.41) is 0. The molecule has 1 N–H and O–H groups in total. The van der Waals surface area contributed by atoms with E-state index in [1.165, 1.54) is 12.1 Å². The summed E-state index contributed by atoms with van der Waals surface area (Å²) >= 11 is 0. The highest BCUT2D eigenvalue weighted by atomic mass is 32.2. The summed E-state index contributed by atoms with van der Waals surface area (Å²) in [6.07, 6.45) is 0.855. The van der Waals surface area contributed by atoms with Crippen LogP contribution in [0.2, 0.25) is 0 Å². The first kappa shape index (κ1) is 20.6. The van der Waals surface area contributed by atoms with E-state index >= 15 is 0 Å². The van der Waals surface area contributed by atoms with E-state index in [4.69, 9.17) is 0 Å². The molecule has 0 saturated heterocycles. The van der Waals surface area contributed by atoms with Crippen LogP contribution < -0.4 is 4.72 Å². The van der Waals surface area contributed by atoms with Gasteiger partial charge in [-0.05, 0) is 48.4 Å². The van der Waals surface area contributed by atoms with E-state index < -0.39 is 10.0 Å². The van der Waals surface area contributed by atoms with Crippen LogP contribution in [-0.2, 0) is 16.6 Å². The Morgan fingerprint density at radius 2 is 1.45 bits per heavy atom. The van der Waals surface area contributed by atoms with Crippen LogP contribution >= 0.6 is 0 Å². The summed E-state index contributed by atoms with van der Waals surface area (Å²) in [7, 11) is -3.66. The SMILES string of the molecule is CCCN(Cc1ccccc1)C(=O)c1ccc(NS(=O)(=O)c2ccccc2)cc1. The number of nitrogens with zero attached hydrogens (tertiary/aromatic N) is 1. The molecule has 0 bridgehead atoms. The molecule has 0 aliphatic rings. The Hall–Kier alpha value is -3.12. The summed E-state index contributed by atoms with van der Waals surface area (Å²) in [6.45, 7) is 3.22. The molecular formula is C23H24N2O3S. The van der Waals surface area contributed by atoms with Crippen molar-refractivity contribution < 1.29 is 13.2 Å². The largest absolute Gasteiger partial charge is 0.334 e. The van der Waals surface area contributed by atoms with Gasteiger partial charge in [0.25, 0.3) is 15.9 Å². The van der Waals surface area contributed by atoms with Gasteiger partial charge in [-0.25, -0.2) is 8.42 Å². The lowest BCUT2D eigenvalue weighted by Crippen LogP contribution is -2.31. The number of amides is 1. The number of nitrogens with one attached hydrogen (secondary N) is 1. The fourth-order valence-corrected chi connectivity index (χ4v) is 4.08. The molecule has 0 aliphatic carbocycles. The maximum Gasteiger partial charge on any atom is 0.261 e. The van der Waals surface area contributed by atoms with Crippen molar-refractivity contribution in [1.29, 1.82) is 0 Å². The highest BCUT2D eigenvalue weighted by Gasteiger charge is 2.17. The highest BCUT2D eigenvalue weighted by Crippen LogP contribution is 2.18. The van der Waals surface area contributed by atoms with E-state index in [-0.39, 0.29) is 10.8 Å². The standard InChI is InChI=1S/C23H24N2O3S/c1-2-17-25(18-19-9-5-3-6-10-19)23(26)20-13-15-21(16-14-20)24-29(27,28)22-11-7-4-8-12-22/h3-16,24H,2,17-18H2,1H3. The van der Waals surface area contributed by atoms with Gasteiger partial charge in [0.05, 0.1) is 4.90 Å². The number of carbonyl (C=O) groups is 1. The average molecular weight is 409 g/mol. The van der Waals surface area contributed by atoms with Crippen molar-refractivity contribution in [2.24, 2.45) is 0 Å². The first-order valence-corrected chi connectivity index (χ1v) is 11.0. The van der Waals surface area contributed by atoms with E-state index in [1.807, 2.05) is 37.3 Å². The van der Waals surface area contributed by atoms with Gasteiger partial charge in [-0.3, -0.25) is 9.52 Å². The number of anilines is 1. The fourth-order valence-electron chi connectivity index (χ4n) is 3.00. The van der Waals surface area contributed by atoms with Crippen LogP contribution in [0.1, 0.15) is 29.3 Å². The molecule has 0 atom stereocenters. The Bertz CT molecular complexity index is 1030. The second-order valence-electron chi connectivity index (χ2n) is 6.71. The van der Waals surface area contributed by atoms with Gasteiger partial charge in [-0.15, -0.1) is 0 Å². The summed E-state index contributed by atoms with van der Waals surface area (Å²) in [5.41, 5.74) is 2.01. The van der Waals surface area contributed by atoms with Gasteiger partial charge in [-0.2, -0.15) is 0 Å². The summed E-state index contributed by atoms with van der Waals surface area (Å²) in [5.74, 6) is -0.0758. The minimum atomic E-state index is -3.66. The van der Waals surface area contributed by atoms with E-state index in [2.05, 4.69) is 4.72 Å². The molecule has 29 heavy (non-hydrogen) atoms. The fraction of sp³-hybridized carbons (Fsp3) is 0.174. The van der Waals surface area contributed by atoms with Crippen LogP contribution in [0.3, 0.4) is 0 Å². The van der Waals surface area contributed by atoms with Crippen molar-refractivity contribution in [2.75, 3.05) is 11.3 Å². The molecule has 6 heteroatoms. The first-order chi connectivity index (χ1) is 14.0. The third-order valence-electron chi connectivity index (χ3n) is 4.43. The molecule has 0 radical (unpaired) electrons. The predicted octanol–water partition coefficient (Wildman–Crippen LogP) is 4.54. The Kier molecular flexibility index (Phi) is 6.67. The van der Waals surface area contributed by atoms with Crippen molar-refractivity contribution in [3.8, 4) is 0 Å². The minimum Gasteiger partial charge on any atom is -0.334 e. The zero-order valence-electron chi connectivity index (χ0n) is 16.3. The van der Waals surface area contributed by atoms with Gasteiger partial charge >= 0.3 is 0 Å². The van der Waals surface area contributed by atoms with E-state index in [9.17, 15) is 13.2 Å². The number of sulfonamides is 1. The lowest BCUT2D eigenvalue weighted by molar-refractivity contribution is 0.0743. The Balaban J connectivity index is 1.73. The highest BCUT2D eigenvalue weighted by molar-refractivity contribution is 7.92. The van der Waals surface area contributed by atoms with Gasteiger partial charge in [0.15, 0.2) is 0 Å². The average Bonchev–Trinajstić information content (AvgIpc) is 2.75. The third-order valence-corrected chi connectivity index (χ3v) is 5.83. The second-order valence-corrected chi connectivity index (χ2v) is 8.39. The molecule has 0 fully saturated rings. The lowest BCUT2D eigenvalue weighted by Gasteiger charge is -2.22. The van der Waals surface area contributed by atoms with E-state index in [0.717, 1.165) is 12.0 Å². The Labute approximate surface area is 172 Å². The zero-order valence-corrected chi connectivity index (χ0v) is 17.1. The van der Waals surface area contributed by atoms with Crippen molar-refractivity contribution in [1.82, 2.24) is 4.90 Å². The first-order valence-electron chi connectivity index (χ1n) is 9.51. The molecule has 0 aliphatic heterocycles. The molecule has 0 unspecified atom stereocenters. The van der Waals surface area contributed by atoms with Crippen LogP contribution in [0.25, 0.3) is 0 Å². The molecule has 3 aromatic rings. The van der Waals surface area contributed by atoms with Crippen LogP contribution in [0.5, 0.6) is 0 Å². The Morgan fingerprint density at radius 1 is 0.862 bits per heavy atom. The lowest BCUT2D eigenvalue weighted by atomic mass is 10.1. The maximum absolute atomic E-state index is 12.9. The topological polar surface area (TPSA) is 66.5 Å². The number of benzene rings is 3. The molecule has 0 saturated carbocycles. The molecule has 0 spiro atoms. The van der Waals surface area contributed by atoms with Gasteiger partial charge in [0, 0.05) is 24.3 Å². The van der Waals surface area contributed by atoms with Crippen LogP contribution in [-0.4, -0.2) is 25.8 Å². The van der Waals surface area contributed by atoms with E-state index in [1.54, 1.807) is 47.4 Å². The van der Waals surface area contributed by atoms with Gasteiger partial charge in [0.1, 0.15) is 0 Å². The summed E-state index contributed by atoms with van der Waals surface area (Å²) < 4.78 is 27.4. The summed E-state index contributed by atoms with van der Waals surface area (Å²) in [6, 6.07) is 24.6. The van der Waals surface area contributed by atoms with Gasteiger partial charge in [-0.1, -0.05) is 55.5 Å². The molecule has 150 valence electrons. The minimum absolute atomic E-state index is 0.0758. The molecule has 3 aromatic carbocycles. The Morgan fingerprint density at radius 3 is 2.03 bits per heavy atom. The van der Waals surface area contributed by atoms with Crippen molar-refractivity contribution in [2.45, 2.75) is 24.8 Å². The van der Waals surface area contributed by atoms with Gasteiger partial charge in [0.2, 0.25) is 0 Å². The third kappa shape index (κ3) is 5.45. The molecule has 5 nitrogen and oxygen atoms in total. The number of hydrogen-bond donors (Lipinski definition) is 1. The molecular weight excluding hydrogens is 384 g/mol. The smallest absolute Gasteiger partial charge is 0.261 e. The quantitative estimate of drug-likeness (QED) is 0.595. The van der Waals surface area contributed by atoms with E-state index in [0.29, 0.717) is 24.3 Å². The number of carbonyl (C=O) groups excluding carboxylic acids is 1. The normalized spacial score (nSPS) is 11.1. The molecule has 0 heterocycles. The van der Waals surface area contributed by atoms with Crippen molar-refractivity contribution in [3.05, 3.63) is 96.1 Å². The second kappa shape index (κ2) is 9.39. The summed E-state index contributed by atoms with van der Waals surface area (Å²) in [4.78, 5) is 14.9. The van der Waals surface area contributed by atoms with Crippen LogP contribution in [0, 0.1) is 0 Å². The molecule has 3 rings (SSSR count). The van der Waals surface area contributed by atoms with Crippen LogP contribution in [0.4, 0.5) is 5.69 Å². The number of rotatable bonds is 8.